The zero-order valence-corrected chi connectivity index (χ0v) is 15.6. The van der Waals surface area contributed by atoms with E-state index < -0.39 is 6.10 Å². The predicted octanol–water partition coefficient (Wildman–Crippen LogP) is 4.21. The van der Waals surface area contributed by atoms with Gasteiger partial charge in [0.05, 0.1) is 13.2 Å². The summed E-state index contributed by atoms with van der Waals surface area (Å²) in [6, 6.07) is 16.6. The van der Waals surface area contributed by atoms with Crippen LogP contribution in [0, 0.1) is 5.82 Å². The minimum absolute atomic E-state index is 0.253. The molecule has 0 saturated carbocycles. The van der Waals surface area contributed by atoms with Crippen LogP contribution in [0.2, 0.25) is 0 Å². The van der Waals surface area contributed by atoms with Gasteiger partial charge in [0.1, 0.15) is 17.6 Å². The molecule has 2 aromatic carbocycles. The molecule has 0 aliphatic rings. The highest BCUT2D eigenvalue weighted by Crippen LogP contribution is 2.29. The van der Waals surface area contributed by atoms with Gasteiger partial charge in [0.15, 0.2) is 0 Å². The summed E-state index contributed by atoms with van der Waals surface area (Å²) >= 11 is 0. The van der Waals surface area contributed by atoms with Crippen molar-refractivity contribution in [3.63, 3.8) is 0 Å². The third-order valence-corrected chi connectivity index (χ3v) is 4.65. The Labute approximate surface area is 161 Å². The van der Waals surface area contributed by atoms with Crippen molar-refractivity contribution in [1.82, 2.24) is 14.7 Å². The Bertz CT molecular complexity index is 1090. The second-order valence-electron chi connectivity index (χ2n) is 6.40. The highest BCUT2D eigenvalue weighted by Gasteiger charge is 2.22. The Hall–Kier alpha value is -3.03. The molecule has 144 valence electrons. The normalized spacial score (nSPS) is 12.5. The summed E-state index contributed by atoms with van der Waals surface area (Å²) in [5.74, 6) is 0.500. The number of benzene rings is 2. The van der Waals surface area contributed by atoms with Crippen molar-refractivity contribution in [2.75, 3.05) is 20.8 Å². The van der Waals surface area contributed by atoms with E-state index in [4.69, 9.17) is 14.0 Å². The Morgan fingerprint density at radius 3 is 2.68 bits per heavy atom. The number of para-hydroxylation sites is 1. The van der Waals surface area contributed by atoms with Gasteiger partial charge in [0.25, 0.3) is 5.89 Å². The molecule has 0 N–H and O–H groups in total. The molecule has 0 aliphatic carbocycles. The van der Waals surface area contributed by atoms with Gasteiger partial charge in [-0.15, -0.1) is 0 Å². The van der Waals surface area contributed by atoms with Crippen LogP contribution in [-0.2, 0) is 16.0 Å². The minimum atomic E-state index is -0.424. The Kier molecular flexibility index (Phi) is 5.18. The van der Waals surface area contributed by atoms with Gasteiger partial charge in [-0.3, -0.25) is 0 Å². The first-order valence-corrected chi connectivity index (χ1v) is 8.88. The molecule has 2 heterocycles. The van der Waals surface area contributed by atoms with Crippen molar-refractivity contribution in [2.45, 2.75) is 12.6 Å². The molecule has 0 fully saturated rings. The van der Waals surface area contributed by atoms with Gasteiger partial charge in [-0.05, 0) is 18.2 Å². The predicted molar refractivity (Wildman–Crippen MR) is 102 cm³/mol. The smallest absolute Gasteiger partial charge is 0.274 e. The van der Waals surface area contributed by atoms with E-state index in [-0.39, 0.29) is 5.82 Å². The van der Waals surface area contributed by atoms with E-state index >= 15 is 0 Å². The van der Waals surface area contributed by atoms with Gasteiger partial charge in [-0.1, -0.05) is 41.6 Å². The Morgan fingerprint density at radius 1 is 1.11 bits per heavy atom. The van der Waals surface area contributed by atoms with Crippen LogP contribution >= 0.6 is 0 Å². The molecule has 0 saturated heterocycles. The van der Waals surface area contributed by atoms with Gasteiger partial charge in [0.2, 0.25) is 5.82 Å². The quantitative estimate of drug-likeness (QED) is 0.480. The molecule has 0 spiro atoms. The van der Waals surface area contributed by atoms with E-state index in [9.17, 15) is 4.39 Å². The van der Waals surface area contributed by atoms with E-state index in [0.717, 1.165) is 16.6 Å². The van der Waals surface area contributed by atoms with Gasteiger partial charge in [0, 0.05) is 30.7 Å². The van der Waals surface area contributed by atoms with Gasteiger partial charge in [-0.2, -0.15) is 4.98 Å². The maximum absolute atomic E-state index is 14.3. The lowest BCUT2D eigenvalue weighted by Gasteiger charge is -2.10. The standard InChI is InChI=1S/C21H20FN3O3/c1-26-13-19(27-2)20-23-21(28-24-20)18-11-14-7-4-6-10-17(14)25(18)12-15-8-3-5-9-16(15)22/h3-11,19H,12-13H2,1-2H3. The molecule has 0 aliphatic heterocycles. The molecule has 4 rings (SSSR count). The number of fused-ring (bicyclic) bond motifs is 1. The average molecular weight is 381 g/mol. The number of aromatic nitrogens is 3. The Balaban J connectivity index is 1.79. The number of hydrogen-bond acceptors (Lipinski definition) is 5. The van der Waals surface area contributed by atoms with Crippen LogP contribution in [0.1, 0.15) is 17.5 Å². The SMILES string of the molecule is COCC(OC)c1noc(-c2cc3ccccc3n2Cc2ccccc2F)n1. The van der Waals surface area contributed by atoms with Gasteiger partial charge >= 0.3 is 0 Å². The maximum atomic E-state index is 14.3. The number of ether oxygens (including phenoxy) is 2. The first kappa shape index (κ1) is 18.3. The summed E-state index contributed by atoms with van der Waals surface area (Å²) in [5.41, 5.74) is 2.26. The molecule has 0 bridgehead atoms. The molecule has 4 aromatic rings. The third-order valence-electron chi connectivity index (χ3n) is 4.65. The second-order valence-corrected chi connectivity index (χ2v) is 6.40. The summed E-state index contributed by atoms with van der Waals surface area (Å²) in [4.78, 5) is 4.49. The topological polar surface area (TPSA) is 62.3 Å². The van der Waals surface area contributed by atoms with Gasteiger partial charge < -0.3 is 18.6 Å². The highest BCUT2D eigenvalue weighted by atomic mass is 19.1. The number of rotatable bonds is 7. The molecule has 28 heavy (non-hydrogen) atoms. The molecule has 0 amide bonds. The Morgan fingerprint density at radius 2 is 1.89 bits per heavy atom. The monoisotopic (exact) mass is 381 g/mol. The maximum Gasteiger partial charge on any atom is 0.274 e. The number of nitrogens with zero attached hydrogens (tertiary/aromatic N) is 3. The van der Waals surface area contributed by atoms with Crippen LogP contribution in [0.25, 0.3) is 22.5 Å². The van der Waals surface area contributed by atoms with E-state index in [1.807, 2.05) is 41.0 Å². The van der Waals surface area contributed by atoms with E-state index in [2.05, 4.69) is 10.1 Å². The largest absolute Gasteiger partial charge is 0.381 e. The van der Waals surface area contributed by atoms with E-state index in [0.29, 0.717) is 30.4 Å². The van der Waals surface area contributed by atoms with Crippen molar-refractivity contribution in [3.05, 3.63) is 71.8 Å². The number of methoxy groups -OCH3 is 2. The lowest BCUT2D eigenvalue weighted by molar-refractivity contribution is 0.0209. The van der Waals surface area contributed by atoms with Crippen LogP contribution in [-0.4, -0.2) is 35.5 Å². The fourth-order valence-electron chi connectivity index (χ4n) is 3.22. The molecular formula is C21H20FN3O3. The number of hydrogen-bond donors (Lipinski definition) is 0. The van der Waals surface area contributed by atoms with Gasteiger partial charge in [-0.25, -0.2) is 4.39 Å². The molecule has 7 heteroatoms. The molecule has 0 radical (unpaired) electrons. The first-order chi connectivity index (χ1) is 13.7. The van der Waals surface area contributed by atoms with Crippen LogP contribution in [0.4, 0.5) is 4.39 Å². The lowest BCUT2D eigenvalue weighted by Crippen LogP contribution is -2.10. The van der Waals surface area contributed by atoms with Crippen LogP contribution in [0.3, 0.4) is 0 Å². The fraction of sp³-hybridized carbons (Fsp3) is 0.238. The first-order valence-electron chi connectivity index (χ1n) is 8.88. The van der Waals surface area contributed by atoms with Crippen molar-refractivity contribution in [2.24, 2.45) is 0 Å². The molecule has 1 atom stereocenters. The highest BCUT2D eigenvalue weighted by molar-refractivity contribution is 5.85. The summed E-state index contributed by atoms with van der Waals surface area (Å²) in [5, 5.41) is 5.05. The molecule has 1 unspecified atom stereocenters. The van der Waals surface area contributed by atoms with Crippen molar-refractivity contribution < 1.29 is 18.4 Å². The minimum Gasteiger partial charge on any atom is -0.381 e. The van der Waals surface area contributed by atoms with Crippen LogP contribution < -0.4 is 0 Å². The van der Waals surface area contributed by atoms with Crippen molar-refractivity contribution in [1.29, 1.82) is 0 Å². The summed E-state index contributed by atoms with van der Waals surface area (Å²) in [6.45, 7) is 0.659. The van der Waals surface area contributed by atoms with E-state index in [1.165, 1.54) is 6.07 Å². The molecular weight excluding hydrogens is 361 g/mol. The summed E-state index contributed by atoms with van der Waals surface area (Å²) in [6.07, 6.45) is -0.424. The van der Waals surface area contributed by atoms with Crippen molar-refractivity contribution in [3.8, 4) is 11.6 Å². The second kappa shape index (κ2) is 7.92. The zero-order chi connectivity index (χ0) is 19.5. The fourth-order valence-corrected chi connectivity index (χ4v) is 3.22. The lowest BCUT2D eigenvalue weighted by atomic mass is 10.2. The van der Waals surface area contributed by atoms with Crippen molar-refractivity contribution >= 4 is 10.9 Å². The molecule has 2 aromatic heterocycles. The van der Waals surface area contributed by atoms with E-state index in [1.54, 1.807) is 26.4 Å². The zero-order valence-electron chi connectivity index (χ0n) is 15.6. The summed E-state index contributed by atoms with van der Waals surface area (Å²) in [7, 11) is 3.15. The number of halogens is 1. The average Bonchev–Trinajstić information content (AvgIpc) is 3.33. The molecule has 6 nitrogen and oxygen atoms in total. The summed E-state index contributed by atoms with van der Waals surface area (Å²) < 4.78 is 32.2. The van der Waals surface area contributed by atoms with Crippen LogP contribution in [0.5, 0.6) is 0 Å². The third kappa shape index (κ3) is 3.42. The van der Waals surface area contributed by atoms with Crippen LogP contribution in [0.15, 0.2) is 59.1 Å².